The molecule has 1 fully saturated rings. The topological polar surface area (TPSA) is 41.5 Å². The van der Waals surface area contributed by atoms with Crippen molar-refractivity contribution in [1.29, 1.82) is 0 Å². The standard InChI is InChI=1S/C11H12ClNO2/c12-6-1-2-7-8(3-6)13-9-4-11(7)15-5-10(9)14/h1-3,9-11,13-14H,4-5H2/t9-,10-,11-/m1/s1. The Morgan fingerprint density at radius 2 is 2.33 bits per heavy atom. The smallest absolute Gasteiger partial charge is 0.0975 e. The van der Waals surface area contributed by atoms with Gasteiger partial charge in [0.2, 0.25) is 0 Å². The summed E-state index contributed by atoms with van der Waals surface area (Å²) in [4.78, 5) is 0. The Morgan fingerprint density at radius 1 is 1.47 bits per heavy atom. The highest BCUT2D eigenvalue weighted by Crippen LogP contribution is 2.39. The van der Waals surface area contributed by atoms with Gasteiger partial charge in [-0.25, -0.2) is 0 Å². The molecule has 80 valence electrons. The first-order valence-electron chi connectivity index (χ1n) is 5.10. The van der Waals surface area contributed by atoms with Crippen LogP contribution in [0, 0.1) is 0 Å². The molecule has 1 aromatic rings. The van der Waals surface area contributed by atoms with E-state index in [2.05, 4.69) is 5.32 Å². The maximum atomic E-state index is 9.69. The van der Waals surface area contributed by atoms with Crippen molar-refractivity contribution in [1.82, 2.24) is 0 Å². The lowest BCUT2D eigenvalue weighted by atomic mass is 9.90. The molecular weight excluding hydrogens is 214 g/mol. The fourth-order valence-electron chi connectivity index (χ4n) is 2.29. The molecule has 4 heteroatoms. The van der Waals surface area contributed by atoms with Gasteiger partial charge in [-0.3, -0.25) is 0 Å². The zero-order chi connectivity index (χ0) is 10.4. The largest absolute Gasteiger partial charge is 0.389 e. The molecule has 1 aromatic carbocycles. The average molecular weight is 226 g/mol. The van der Waals surface area contributed by atoms with Crippen molar-refractivity contribution in [3.8, 4) is 0 Å². The predicted molar refractivity (Wildman–Crippen MR) is 58.2 cm³/mol. The summed E-state index contributed by atoms with van der Waals surface area (Å²) in [5, 5.41) is 13.7. The van der Waals surface area contributed by atoms with Crippen molar-refractivity contribution in [2.75, 3.05) is 11.9 Å². The van der Waals surface area contributed by atoms with Crippen molar-refractivity contribution in [3.05, 3.63) is 28.8 Å². The Balaban J connectivity index is 2.03. The van der Waals surface area contributed by atoms with E-state index < -0.39 is 6.10 Å². The summed E-state index contributed by atoms with van der Waals surface area (Å²) in [7, 11) is 0. The van der Waals surface area contributed by atoms with E-state index in [1.54, 1.807) is 0 Å². The van der Waals surface area contributed by atoms with Gasteiger partial charge in [-0.2, -0.15) is 0 Å². The van der Waals surface area contributed by atoms with Crippen molar-refractivity contribution < 1.29 is 9.84 Å². The van der Waals surface area contributed by atoms with E-state index in [9.17, 15) is 5.11 Å². The van der Waals surface area contributed by atoms with Crippen LogP contribution in [0.4, 0.5) is 5.69 Å². The van der Waals surface area contributed by atoms with E-state index in [1.807, 2.05) is 18.2 Å². The Kier molecular flexibility index (Phi) is 2.12. The summed E-state index contributed by atoms with van der Waals surface area (Å²) < 4.78 is 5.59. The van der Waals surface area contributed by atoms with E-state index in [0.29, 0.717) is 11.6 Å². The van der Waals surface area contributed by atoms with Crippen LogP contribution >= 0.6 is 11.6 Å². The van der Waals surface area contributed by atoms with Crippen LogP contribution in [-0.2, 0) is 4.74 Å². The minimum absolute atomic E-state index is 0.0923. The van der Waals surface area contributed by atoms with Gasteiger partial charge < -0.3 is 15.2 Å². The van der Waals surface area contributed by atoms with Gasteiger partial charge in [0.15, 0.2) is 0 Å². The first-order chi connectivity index (χ1) is 7.24. The second-order valence-electron chi connectivity index (χ2n) is 4.11. The summed E-state index contributed by atoms with van der Waals surface area (Å²) >= 11 is 5.93. The van der Waals surface area contributed by atoms with E-state index in [4.69, 9.17) is 16.3 Å². The zero-order valence-corrected chi connectivity index (χ0v) is 8.87. The Hall–Kier alpha value is -0.770. The van der Waals surface area contributed by atoms with Crippen LogP contribution in [0.25, 0.3) is 0 Å². The van der Waals surface area contributed by atoms with Crippen LogP contribution in [0.15, 0.2) is 18.2 Å². The van der Waals surface area contributed by atoms with E-state index in [0.717, 1.165) is 17.7 Å². The number of aliphatic hydroxyl groups is 1. The second kappa shape index (κ2) is 3.37. The van der Waals surface area contributed by atoms with E-state index >= 15 is 0 Å². The second-order valence-corrected chi connectivity index (χ2v) is 4.54. The Morgan fingerprint density at radius 3 is 3.20 bits per heavy atom. The number of fused-ring (bicyclic) bond motifs is 4. The van der Waals surface area contributed by atoms with Crippen molar-refractivity contribution in [2.24, 2.45) is 0 Å². The van der Waals surface area contributed by atoms with Crippen LogP contribution in [0.5, 0.6) is 0 Å². The minimum atomic E-state index is -0.423. The molecule has 0 saturated carbocycles. The van der Waals surface area contributed by atoms with Crippen LogP contribution < -0.4 is 5.32 Å². The lowest BCUT2D eigenvalue weighted by Gasteiger charge is -2.40. The van der Waals surface area contributed by atoms with Gasteiger partial charge in [0, 0.05) is 22.7 Å². The first-order valence-corrected chi connectivity index (χ1v) is 5.47. The molecule has 2 aliphatic rings. The summed E-state index contributed by atoms with van der Waals surface area (Å²) in [6.07, 6.45) is 0.510. The first kappa shape index (κ1) is 9.46. The van der Waals surface area contributed by atoms with E-state index in [1.165, 1.54) is 0 Å². The lowest BCUT2D eigenvalue weighted by molar-refractivity contribution is -0.0672. The summed E-state index contributed by atoms with van der Waals surface area (Å²) in [5.74, 6) is 0. The highest BCUT2D eigenvalue weighted by Gasteiger charge is 2.35. The number of halogens is 1. The third-order valence-corrected chi connectivity index (χ3v) is 3.34. The molecule has 3 atom stereocenters. The fraction of sp³-hybridized carbons (Fsp3) is 0.455. The van der Waals surface area contributed by atoms with Gasteiger partial charge in [0.05, 0.1) is 24.9 Å². The van der Waals surface area contributed by atoms with Crippen LogP contribution in [0.1, 0.15) is 18.1 Å². The Bertz CT molecular complexity index is 396. The number of nitrogens with one attached hydrogen (secondary N) is 1. The van der Waals surface area contributed by atoms with Crippen LogP contribution in [0.3, 0.4) is 0 Å². The maximum absolute atomic E-state index is 9.69. The number of ether oxygens (including phenoxy) is 1. The lowest BCUT2D eigenvalue weighted by Crippen LogP contribution is -2.45. The molecule has 1 saturated heterocycles. The number of aliphatic hydroxyl groups excluding tert-OH is 1. The monoisotopic (exact) mass is 225 g/mol. The molecule has 3 rings (SSSR count). The SMILES string of the molecule is O[C@@H]1CO[C@@H]2C[C@H]1Nc1cc(Cl)ccc12. The molecule has 0 spiro atoms. The third kappa shape index (κ3) is 1.51. The summed E-state index contributed by atoms with van der Waals surface area (Å²) in [5.41, 5.74) is 2.13. The van der Waals surface area contributed by atoms with E-state index in [-0.39, 0.29) is 12.1 Å². The van der Waals surface area contributed by atoms with Crippen LogP contribution in [-0.4, -0.2) is 23.9 Å². The van der Waals surface area contributed by atoms with Gasteiger partial charge in [0.25, 0.3) is 0 Å². The molecular formula is C11H12ClNO2. The number of anilines is 1. The summed E-state index contributed by atoms with van der Waals surface area (Å²) in [6.45, 7) is 0.407. The highest BCUT2D eigenvalue weighted by molar-refractivity contribution is 6.30. The number of rotatable bonds is 0. The maximum Gasteiger partial charge on any atom is 0.0975 e. The molecule has 2 N–H and O–H groups in total. The molecule has 0 unspecified atom stereocenters. The summed E-state index contributed by atoms with van der Waals surface area (Å²) in [6, 6.07) is 5.84. The van der Waals surface area contributed by atoms with Crippen molar-refractivity contribution >= 4 is 17.3 Å². The quantitative estimate of drug-likeness (QED) is 0.709. The molecule has 3 nitrogen and oxygen atoms in total. The highest BCUT2D eigenvalue weighted by atomic mass is 35.5. The fourth-order valence-corrected chi connectivity index (χ4v) is 2.46. The molecule has 2 bridgehead atoms. The molecule has 0 aromatic heterocycles. The minimum Gasteiger partial charge on any atom is -0.389 e. The average Bonchev–Trinajstić information content (AvgIpc) is 2.23. The zero-order valence-electron chi connectivity index (χ0n) is 8.11. The van der Waals surface area contributed by atoms with Gasteiger partial charge >= 0.3 is 0 Å². The molecule has 0 aliphatic carbocycles. The molecule has 0 amide bonds. The van der Waals surface area contributed by atoms with Crippen molar-refractivity contribution in [2.45, 2.75) is 24.7 Å². The number of benzene rings is 1. The predicted octanol–water partition coefficient (Wildman–Crippen LogP) is 1.96. The molecule has 15 heavy (non-hydrogen) atoms. The van der Waals surface area contributed by atoms with Gasteiger partial charge in [-0.1, -0.05) is 17.7 Å². The van der Waals surface area contributed by atoms with Crippen LogP contribution in [0.2, 0.25) is 5.02 Å². The normalized spacial score (nSPS) is 33.1. The van der Waals surface area contributed by atoms with Gasteiger partial charge in [-0.15, -0.1) is 0 Å². The molecule has 0 radical (unpaired) electrons. The molecule has 2 heterocycles. The third-order valence-electron chi connectivity index (χ3n) is 3.10. The Labute approximate surface area is 93.0 Å². The molecule has 2 aliphatic heterocycles. The number of hydrogen-bond acceptors (Lipinski definition) is 3. The van der Waals surface area contributed by atoms with Crippen molar-refractivity contribution in [3.63, 3.8) is 0 Å². The van der Waals surface area contributed by atoms with Gasteiger partial charge in [-0.05, 0) is 12.1 Å². The number of hydrogen-bond donors (Lipinski definition) is 2. The van der Waals surface area contributed by atoms with Gasteiger partial charge in [0.1, 0.15) is 0 Å².